The second kappa shape index (κ2) is 8.34. The zero-order chi connectivity index (χ0) is 20.2. The number of hydrogen-bond donors (Lipinski definition) is 1. The minimum Gasteiger partial charge on any atom is -0.419 e. The lowest BCUT2D eigenvalue weighted by molar-refractivity contribution is -0.384. The standard InChI is InChI=1S/C21H18N4O3S/c1-14(22-19(18-8-5-13-29-18)15-6-3-2-4-7-15)20-23-24-21(28-20)16-9-11-17(12-10-16)25(26)27/h2-14,19,22H,1H3/t14-,19+/m1/s1. The summed E-state index contributed by atoms with van der Waals surface area (Å²) < 4.78 is 5.83. The van der Waals surface area contributed by atoms with Gasteiger partial charge in [0.25, 0.3) is 5.69 Å². The van der Waals surface area contributed by atoms with Gasteiger partial charge in [-0.05, 0) is 36.1 Å². The van der Waals surface area contributed by atoms with Gasteiger partial charge in [-0.15, -0.1) is 21.5 Å². The van der Waals surface area contributed by atoms with Crippen LogP contribution in [0.2, 0.25) is 0 Å². The van der Waals surface area contributed by atoms with Crippen LogP contribution < -0.4 is 5.32 Å². The molecule has 4 rings (SSSR count). The molecule has 0 unspecified atom stereocenters. The zero-order valence-electron chi connectivity index (χ0n) is 15.6. The summed E-state index contributed by atoms with van der Waals surface area (Å²) in [6.45, 7) is 1.97. The molecule has 0 amide bonds. The maximum Gasteiger partial charge on any atom is 0.269 e. The Morgan fingerprint density at radius 3 is 2.45 bits per heavy atom. The van der Waals surface area contributed by atoms with E-state index in [-0.39, 0.29) is 17.8 Å². The van der Waals surface area contributed by atoms with Crippen molar-refractivity contribution in [2.45, 2.75) is 19.0 Å². The number of hydrogen-bond acceptors (Lipinski definition) is 7. The lowest BCUT2D eigenvalue weighted by atomic mass is 10.0. The lowest BCUT2D eigenvalue weighted by Gasteiger charge is -2.21. The van der Waals surface area contributed by atoms with E-state index in [9.17, 15) is 10.1 Å². The molecule has 0 radical (unpaired) electrons. The van der Waals surface area contributed by atoms with E-state index >= 15 is 0 Å². The Hall–Kier alpha value is -3.36. The Labute approximate surface area is 171 Å². The van der Waals surface area contributed by atoms with Crippen molar-refractivity contribution in [3.05, 3.63) is 98.6 Å². The molecule has 2 atom stereocenters. The quantitative estimate of drug-likeness (QED) is 0.337. The highest BCUT2D eigenvalue weighted by molar-refractivity contribution is 7.10. The maximum absolute atomic E-state index is 10.8. The lowest BCUT2D eigenvalue weighted by Crippen LogP contribution is -2.25. The normalized spacial score (nSPS) is 13.1. The van der Waals surface area contributed by atoms with Crippen molar-refractivity contribution in [1.29, 1.82) is 0 Å². The Bertz CT molecular complexity index is 1080. The summed E-state index contributed by atoms with van der Waals surface area (Å²) in [6, 6.07) is 20.2. The van der Waals surface area contributed by atoms with Gasteiger partial charge < -0.3 is 4.42 Å². The molecular formula is C21H18N4O3S. The van der Waals surface area contributed by atoms with Crippen LogP contribution in [-0.2, 0) is 0 Å². The molecule has 146 valence electrons. The van der Waals surface area contributed by atoms with Crippen LogP contribution in [0, 0.1) is 10.1 Å². The van der Waals surface area contributed by atoms with E-state index in [1.54, 1.807) is 23.5 Å². The van der Waals surface area contributed by atoms with Crippen LogP contribution in [0.25, 0.3) is 11.5 Å². The van der Waals surface area contributed by atoms with Gasteiger partial charge in [0.05, 0.1) is 17.0 Å². The predicted molar refractivity (Wildman–Crippen MR) is 111 cm³/mol. The van der Waals surface area contributed by atoms with Crippen LogP contribution in [0.5, 0.6) is 0 Å². The van der Waals surface area contributed by atoms with E-state index in [1.165, 1.54) is 17.0 Å². The summed E-state index contributed by atoms with van der Waals surface area (Å²) in [4.78, 5) is 11.6. The summed E-state index contributed by atoms with van der Waals surface area (Å²) in [5.41, 5.74) is 1.81. The second-order valence-electron chi connectivity index (χ2n) is 6.50. The third-order valence-electron chi connectivity index (χ3n) is 4.51. The van der Waals surface area contributed by atoms with Crippen molar-refractivity contribution in [2.75, 3.05) is 0 Å². The molecular weight excluding hydrogens is 388 g/mol. The number of nitro groups is 1. The number of nitrogens with one attached hydrogen (secondary N) is 1. The van der Waals surface area contributed by atoms with Crippen molar-refractivity contribution >= 4 is 17.0 Å². The van der Waals surface area contributed by atoms with E-state index in [4.69, 9.17) is 4.42 Å². The summed E-state index contributed by atoms with van der Waals surface area (Å²) in [7, 11) is 0. The molecule has 0 aliphatic heterocycles. The average molecular weight is 406 g/mol. The molecule has 1 N–H and O–H groups in total. The van der Waals surface area contributed by atoms with Crippen LogP contribution in [0.1, 0.15) is 35.3 Å². The van der Waals surface area contributed by atoms with Gasteiger partial charge in [-0.3, -0.25) is 15.4 Å². The van der Waals surface area contributed by atoms with Gasteiger partial charge in [0.1, 0.15) is 0 Å². The number of rotatable bonds is 7. The molecule has 2 aromatic heterocycles. The van der Waals surface area contributed by atoms with Gasteiger partial charge >= 0.3 is 0 Å². The fourth-order valence-corrected chi connectivity index (χ4v) is 3.83. The number of non-ortho nitro benzene ring substituents is 1. The largest absolute Gasteiger partial charge is 0.419 e. The Kier molecular flexibility index (Phi) is 5.46. The van der Waals surface area contributed by atoms with Crippen LogP contribution in [0.4, 0.5) is 5.69 Å². The smallest absolute Gasteiger partial charge is 0.269 e. The maximum atomic E-state index is 10.8. The Morgan fingerprint density at radius 1 is 1.03 bits per heavy atom. The average Bonchev–Trinajstić information content (AvgIpc) is 3.45. The van der Waals surface area contributed by atoms with Gasteiger partial charge in [0.15, 0.2) is 0 Å². The van der Waals surface area contributed by atoms with Crippen molar-refractivity contribution in [2.24, 2.45) is 0 Å². The molecule has 0 aliphatic rings. The highest BCUT2D eigenvalue weighted by Gasteiger charge is 2.22. The SMILES string of the molecule is C[C@@H](N[C@@H](c1ccccc1)c1cccs1)c1nnc(-c2ccc([N+](=O)[O-])cc2)o1. The molecule has 29 heavy (non-hydrogen) atoms. The minimum atomic E-state index is -0.441. The van der Waals surface area contributed by atoms with Crippen molar-refractivity contribution in [3.63, 3.8) is 0 Å². The van der Waals surface area contributed by atoms with Gasteiger partial charge in [0.2, 0.25) is 11.8 Å². The van der Waals surface area contributed by atoms with Crippen LogP contribution in [0.3, 0.4) is 0 Å². The van der Waals surface area contributed by atoms with Crippen LogP contribution in [0.15, 0.2) is 76.5 Å². The van der Waals surface area contributed by atoms with Crippen LogP contribution >= 0.6 is 11.3 Å². The summed E-state index contributed by atoms with van der Waals surface area (Å²) >= 11 is 1.68. The van der Waals surface area contributed by atoms with Crippen molar-refractivity contribution < 1.29 is 9.34 Å². The fourth-order valence-electron chi connectivity index (χ4n) is 3.02. The molecule has 0 saturated heterocycles. The molecule has 2 aromatic carbocycles. The summed E-state index contributed by atoms with van der Waals surface area (Å²) in [5, 5.41) is 24.7. The van der Waals surface area contributed by atoms with E-state index in [2.05, 4.69) is 39.1 Å². The highest BCUT2D eigenvalue weighted by Crippen LogP contribution is 2.29. The Balaban J connectivity index is 1.55. The monoisotopic (exact) mass is 406 g/mol. The molecule has 4 aromatic rings. The molecule has 2 heterocycles. The van der Waals surface area contributed by atoms with Gasteiger partial charge in [-0.1, -0.05) is 36.4 Å². The Morgan fingerprint density at radius 2 is 1.79 bits per heavy atom. The van der Waals surface area contributed by atoms with Crippen molar-refractivity contribution in [1.82, 2.24) is 15.5 Å². The summed E-state index contributed by atoms with van der Waals surface area (Å²) in [6.07, 6.45) is 0. The fraction of sp³-hybridized carbons (Fsp3) is 0.143. The number of nitro benzene ring substituents is 1. The molecule has 0 saturated carbocycles. The van der Waals surface area contributed by atoms with E-state index in [1.807, 2.05) is 31.2 Å². The molecule has 0 spiro atoms. The van der Waals surface area contributed by atoms with E-state index in [0.29, 0.717) is 17.3 Å². The first-order valence-electron chi connectivity index (χ1n) is 9.04. The number of nitrogens with zero attached hydrogens (tertiary/aromatic N) is 3. The molecule has 0 bridgehead atoms. The van der Waals surface area contributed by atoms with Crippen molar-refractivity contribution in [3.8, 4) is 11.5 Å². The highest BCUT2D eigenvalue weighted by atomic mass is 32.1. The van der Waals surface area contributed by atoms with E-state index in [0.717, 1.165) is 5.56 Å². The molecule has 0 fully saturated rings. The van der Waals surface area contributed by atoms with Crippen LogP contribution in [-0.4, -0.2) is 15.1 Å². The third kappa shape index (κ3) is 4.23. The number of aromatic nitrogens is 2. The second-order valence-corrected chi connectivity index (χ2v) is 7.48. The number of thiophene rings is 1. The molecule has 7 nitrogen and oxygen atoms in total. The summed E-state index contributed by atoms with van der Waals surface area (Å²) in [5.74, 6) is 0.784. The minimum absolute atomic E-state index is 0.000856. The predicted octanol–water partition coefficient (Wildman–Crippen LogP) is 5.15. The third-order valence-corrected chi connectivity index (χ3v) is 5.45. The molecule has 8 heteroatoms. The first kappa shape index (κ1) is 19.0. The first-order chi connectivity index (χ1) is 14.1. The first-order valence-corrected chi connectivity index (χ1v) is 9.92. The zero-order valence-corrected chi connectivity index (χ0v) is 16.4. The van der Waals surface area contributed by atoms with Gasteiger partial charge in [-0.2, -0.15) is 0 Å². The topological polar surface area (TPSA) is 94.1 Å². The molecule has 0 aliphatic carbocycles. The number of benzene rings is 2. The van der Waals surface area contributed by atoms with E-state index < -0.39 is 4.92 Å². The van der Waals surface area contributed by atoms with Gasteiger partial charge in [0, 0.05) is 22.6 Å². The van der Waals surface area contributed by atoms with Gasteiger partial charge in [-0.25, -0.2) is 0 Å².